The molecule has 1 fully saturated rings. The van der Waals surface area contributed by atoms with Crippen molar-refractivity contribution in [2.75, 3.05) is 4.90 Å². The zero-order chi connectivity index (χ0) is 14.2. The van der Waals surface area contributed by atoms with Crippen LogP contribution in [0.4, 0.5) is 10.5 Å². The molecule has 2 rings (SSSR count). The van der Waals surface area contributed by atoms with Gasteiger partial charge in [-0.3, -0.25) is 14.5 Å². The summed E-state index contributed by atoms with van der Waals surface area (Å²) in [5.41, 5.74) is 0.346. The first-order valence-corrected chi connectivity index (χ1v) is 6.32. The topological polar surface area (TPSA) is 57.7 Å². The summed E-state index contributed by atoms with van der Waals surface area (Å²) in [5.74, 6) is -1.61. The maximum absolute atomic E-state index is 12.2. The normalized spacial score (nSPS) is 17.3. The monoisotopic (exact) mass is 280 g/mol. The van der Waals surface area contributed by atoms with Gasteiger partial charge in [0, 0.05) is 11.1 Å². The van der Waals surface area contributed by atoms with Crippen molar-refractivity contribution in [2.24, 2.45) is 0 Å². The van der Waals surface area contributed by atoms with Gasteiger partial charge in [0.2, 0.25) is 0 Å². The second-order valence-electron chi connectivity index (χ2n) is 4.33. The Hall–Kier alpha value is -1.88. The van der Waals surface area contributed by atoms with Crippen LogP contribution in [0.2, 0.25) is 5.02 Å². The summed E-state index contributed by atoms with van der Waals surface area (Å²) in [4.78, 5) is 37.8. The summed E-state index contributed by atoms with van der Waals surface area (Å²) < 4.78 is 0. The molecule has 0 radical (unpaired) electrons. The van der Waals surface area contributed by atoms with Crippen molar-refractivity contribution in [2.45, 2.75) is 26.3 Å². The van der Waals surface area contributed by atoms with E-state index < -0.39 is 17.8 Å². The summed E-state index contributed by atoms with van der Waals surface area (Å²) in [6, 6.07) is 5.28. The second-order valence-corrected chi connectivity index (χ2v) is 4.77. The Morgan fingerprint density at radius 3 is 2.21 bits per heavy atom. The van der Waals surface area contributed by atoms with E-state index in [-0.39, 0.29) is 6.04 Å². The van der Waals surface area contributed by atoms with Gasteiger partial charge < -0.3 is 0 Å². The Morgan fingerprint density at radius 1 is 1.11 bits per heavy atom. The summed E-state index contributed by atoms with van der Waals surface area (Å²) in [5, 5.41) is 0.493. The Balaban J connectivity index is 2.37. The number of hydrogen-bond donors (Lipinski definition) is 0. The van der Waals surface area contributed by atoms with Crippen molar-refractivity contribution < 1.29 is 14.4 Å². The van der Waals surface area contributed by atoms with Gasteiger partial charge in [-0.25, -0.2) is 9.69 Å². The molecule has 1 atom stereocenters. The number of urea groups is 1. The number of anilines is 1. The van der Waals surface area contributed by atoms with Crippen LogP contribution < -0.4 is 4.90 Å². The first-order chi connectivity index (χ1) is 8.97. The fourth-order valence-electron chi connectivity index (χ4n) is 1.87. The van der Waals surface area contributed by atoms with Crippen molar-refractivity contribution in [1.29, 1.82) is 0 Å². The predicted octanol–water partition coefficient (Wildman–Crippen LogP) is 2.43. The highest BCUT2D eigenvalue weighted by Gasteiger charge is 2.46. The number of amides is 4. The number of imide groups is 2. The number of hydrogen-bond acceptors (Lipinski definition) is 3. The van der Waals surface area contributed by atoms with Gasteiger partial charge in [-0.05, 0) is 37.6 Å². The molecule has 0 aliphatic carbocycles. The van der Waals surface area contributed by atoms with E-state index in [0.717, 1.165) is 9.80 Å². The predicted molar refractivity (Wildman–Crippen MR) is 70.9 cm³/mol. The zero-order valence-corrected chi connectivity index (χ0v) is 11.3. The van der Waals surface area contributed by atoms with E-state index >= 15 is 0 Å². The average molecular weight is 281 g/mol. The molecule has 1 aliphatic rings. The smallest absolute Gasteiger partial charge is 0.263 e. The van der Waals surface area contributed by atoms with Crippen LogP contribution in [0.1, 0.15) is 20.3 Å². The molecular formula is C13H13ClN2O3. The van der Waals surface area contributed by atoms with Crippen LogP contribution in [0.25, 0.3) is 0 Å². The maximum Gasteiger partial charge on any atom is 0.339 e. The fraction of sp³-hybridized carbons (Fsp3) is 0.308. The lowest BCUT2D eigenvalue weighted by molar-refractivity contribution is -0.140. The molecule has 4 amide bonds. The number of rotatable bonds is 3. The highest BCUT2D eigenvalue weighted by Crippen LogP contribution is 2.25. The summed E-state index contributed by atoms with van der Waals surface area (Å²) >= 11 is 5.76. The minimum atomic E-state index is -0.826. The first kappa shape index (κ1) is 13.5. The lowest BCUT2D eigenvalue weighted by atomic mass is 10.2. The third kappa shape index (κ3) is 2.21. The number of carbonyl (C=O) groups excluding carboxylic acids is 3. The van der Waals surface area contributed by atoms with Gasteiger partial charge >= 0.3 is 17.8 Å². The molecule has 1 aromatic carbocycles. The molecule has 1 saturated heterocycles. The molecule has 1 aliphatic heterocycles. The molecule has 0 saturated carbocycles. The van der Waals surface area contributed by atoms with Crippen molar-refractivity contribution in [3.05, 3.63) is 29.3 Å². The SMILES string of the molecule is CC[C@@H](C)N1C(=O)C(=O)N(c2ccc(Cl)cc2)C1=O. The molecule has 19 heavy (non-hydrogen) atoms. The fourth-order valence-corrected chi connectivity index (χ4v) is 2.00. The zero-order valence-electron chi connectivity index (χ0n) is 10.6. The third-order valence-corrected chi connectivity index (χ3v) is 3.37. The van der Waals surface area contributed by atoms with Crippen LogP contribution >= 0.6 is 11.6 Å². The molecule has 0 bridgehead atoms. The maximum atomic E-state index is 12.2. The number of carbonyl (C=O) groups is 3. The quantitative estimate of drug-likeness (QED) is 0.631. The average Bonchev–Trinajstić information content (AvgIpc) is 2.61. The summed E-state index contributed by atoms with van der Waals surface area (Å²) in [6.45, 7) is 3.58. The molecule has 6 heteroatoms. The molecule has 0 N–H and O–H groups in total. The molecule has 0 aromatic heterocycles. The molecule has 5 nitrogen and oxygen atoms in total. The minimum absolute atomic E-state index is 0.304. The molecule has 0 spiro atoms. The lowest BCUT2D eigenvalue weighted by Gasteiger charge is -2.20. The molecule has 1 heterocycles. The van der Waals surface area contributed by atoms with Crippen LogP contribution in [0.3, 0.4) is 0 Å². The van der Waals surface area contributed by atoms with E-state index in [9.17, 15) is 14.4 Å². The Labute approximate surface area is 115 Å². The second kappa shape index (κ2) is 5.01. The molecule has 100 valence electrons. The van der Waals surface area contributed by atoms with E-state index in [1.807, 2.05) is 6.92 Å². The summed E-state index contributed by atoms with van der Waals surface area (Å²) in [6.07, 6.45) is 0.596. The number of benzene rings is 1. The minimum Gasteiger partial charge on any atom is -0.263 e. The van der Waals surface area contributed by atoms with E-state index in [0.29, 0.717) is 17.1 Å². The Kier molecular flexibility index (Phi) is 3.57. The van der Waals surface area contributed by atoms with Gasteiger partial charge in [-0.2, -0.15) is 0 Å². The Morgan fingerprint density at radius 2 is 1.68 bits per heavy atom. The van der Waals surface area contributed by atoms with Crippen LogP contribution in [0.15, 0.2) is 24.3 Å². The van der Waals surface area contributed by atoms with Crippen LogP contribution in [0.5, 0.6) is 0 Å². The van der Waals surface area contributed by atoms with Crippen molar-refractivity contribution in [1.82, 2.24) is 4.90 Å². The third-order valence-electron chi connectivity index (χ3n) is 3.12. The van der Waals surface area contributed by atoms with Crippen molar-refractivity contribution in [3.8, 4) is 0 Å². The molecular weight excluding hydrogens is 268 g/mol. The van der Waals surface area contributed by atoms with Gasteiger partial charge in [0.25, 0.3) is 0 Å². The van der Waals surface area contributed by atoms with Gasteiger partial charge in [0.15, 0.2) is 0 Å². The van der Waals surface area contributed by atoms with Gasteiger partial charge in [0.05, 0.1) is 5.69 Å². The van der Waals surface area contributed by atoms with Crippen LogP contribution in [-0.2, 0) is 9.59 Å². The van der Waals surface area contributed by atoms with Gasteiger partial charge in [0.1, 0.15) is 0 Å². The van der Waals surface area contributed by atoms with E-state index in [2.05, 4.69) is 0 Å². The summed E-state index contributed by atoms with van der Waals surface area (Å²) in [7, 11) is 0. The van der Waals surface area contributed by atoms with Crippen LogP contribution in [-0.4, -0.2) is 28.8 Å². The largest absolute Gasteiger partial charge is 0.339 e. The van der Waals surface area contributed by atoms with Crippen molar-refractivity contribution in [3.63, 3.8) is 0 Å². The molecule has 1 aromatic rings. The molecule has 0 unspecified atom stereocenters. The van der Waals surface area contributed by atoms with Gasteiger partial charge in [-0.15, -0.1) is 0 Å². The van der Waals surface area contributed by atoms with Crippen LogP contribution in [0, 0.1) is 0 Å². The first-order valence-electron chi connectivity index (χ1n) is 5.94. The lowest BCUT2D eigenvalue weighted by Crippen LogP contribution is -2.39. The highest BCUT2D eigenvalue weighted by atomic mass is 35.5. The van der Waals surface area contributed by atoms with E-state index in [1.54, 1.807) is 19.1 Å². The van der Waals surface area contributed by atoms with E-state index in [4.69, 9.17) is 11.6 Å². The Bertz CT molecular complexity index is 541. The highest BCUT2D eigenvalue weighted by molar-refractivity contribution is 6.52. The van der Waals surface area contributed by atoms with Crippen molar-refractivity contribution >= 4 is 35.1 Å². The van der Waals surface area contributed by atoms with E-state index in [1.165, 1.54) is 12.1 Å². The van der Waals surface area contributed by atoms with Gasteiger partial charge in [-0.1, -0.05) is 18.5 Å². The standard InChI is InChI=1S/C13H13ClN2O3/c1-3-8(2)15-11(17)12(18)16(13(15)19)10-6-4-9(14)5-7-10/h4-8H,3H2,1-2H3/t8-/m1/s1. The number of halogens is 1. The number of nitrogens with zero attached hydrogens (tertiary/aromatic N) is 2.